The Bertz CT molecular complexity index is 891. The molecule has 0 amide bonds. The van der Waals surface area contributed by atoms with Gasteiger partial charge in [0, 0.05) is 12.6 Å². The van der Waals surface area contributed by atoms with Crippen LogP contribution in [0.25, 0.3) is 22.3 Å². The fraction of sp³-hybridized carbons (Fsp3) is 0.0667. The molecule has 7 nitrogen and oxygen atoms in total. The van der Waals surface area contributed by atoms with Crippen molar-refractivity contribution in [3.05, 3.63) is 42.0 Å². The van der Waals surface area contributed by atoms with Crippen LogP contribution in [0.4, 0.5) is 11.8 Å². The Kier molecular flexibility index (Phi) is 5.66. The molecule has 0 saturated carbocycles. The summed E-state index contributed by atoms with van der Waals surface area (Å²) in [5.74, 6) is -0.322. The van der Waals surface area contributed by atoms with Crippen LogP contribution in [0.2, 0.25) is 0 Å². The number of aromatic carboxylic acids is 1. The number of fused-ring (bicyclic) bond motifs is 1. The number of pyridine rings is 1. The summed E-state index contributed by atoms with van der Waals surface area (Å²) in [6.45, 7) is 0. The predicted molar refractivity (Wildman–Crippen MR) is 84.8 cm³/mol. The molecule has 8 heteroatoms. The Morgan fingerprint density at radius 1 is 1.17 bits per heavy atom. The second-order valence-electron chi connectivity index (χ2n) is 4.60. The Hall–Kier alpha value is -1.58. The van der Waals surface area contributed by atoms with Crippen LogP contribution in [0.5, 0.6) is 0 Å². The van der Waals surface area contributed by atoms with Crippen LogP contribution in [-0.2, 0) is 0 Å². The molecule has 0 aliphatic carbocycles. The summed E-state index contributed by atoms with van der Waals surface area (Å²) in [4.78, 5) is 24.0. The first-order chi connectivity index (χ1) is 10.6. The van der Waals surface area contributed by atoms with Crippen molar-refractivity contribution in [1.29, 1.82) is 0 Å². The number of nitrogens with two attached hydrogens (primary N) is 1. The summed E-state index contributed by atoms with van der Waals surface area (Å²) in [7, 11) is 1.73. The van der Waals surface area contributed by atoms with E-state index in [0.717, 1.165) is 0 Å². The number of nitrogens with zero attached hydrogens (tertiary/aromatic N) is 3. The van der Waals surface area contributed by atoms with Gasteiger partial charge >= 0.3 is 57.4 Å². The maximum Gasteiger partial charge on any atom is 1.00 e. The normalized spacial score (nSPS) is 10.1. The van der Waals surface area contributed by atoms with Gasteiger partial charge in [-0.25, -0.2) is 9.78 Å². The minimum Gasteiger partial charge on any atom is -1.00 e. The SMILES string of the molecule is CNc1nc(N)nc2nc(-c3ccccc3C(=O)O)ccc12.[H-].[K+]. The molecule has 0 aliphatic rings. The molecule has 0 bridgehead atoms. The first-order valence-corrected chi connectivity index (χ1v) is 6.55. The molecule has 0 aliphatic heterocycles. The van der Waals surface area contributed by atoms with E-state index in [-0.39, 0.29) is 64.3 Å². The maximum atomic E-state index is 11.3. The van der Waals surface area contributed by atoms with Crippen molar-refractivity contribution < 1.29 is 62.7 Å². The zero-order valence-corrected chi connectivity index (χ0v) is 15.9. The van der Waals surface area contributed by atoms with Gasteiger partial charge in [0.2, 0.25) is 5.95 Å². The van der Waals surface area contributed by atoms with Crippen molar-refractivity contribution in [2.24, 2.45) is 0 Å². The summed E-state index contributed by atoms with van der Waals surface area (Å²) in [6.07, 6.45) is 0. The first-order valence-electron chi connectivity index (χ1n) is 6.55. The average molecular weight is 335 g/mol. The van der Waals surface area contributed by atoms with E-state index in [4.69, 9.17) is 5.73 Å². The number of benzene rings is 1. The third kappa shape index (κ3) is 3.51. The molecular formula is C15H14KN5O2. The number of carboxylic acids is 1. The molecular weight excluding hydrogens is 321 g/mol. The van der Waals surface area contributed by atoms with Crippen LogP contribution in [0.1, 0.15) is 11.8 Å². The van der Waals surface area contributed by atoms with Crippen molar-refractivity contribution in [3.8, 4) is 11.3 Å². The number of aromatic nitrogens is 3. The van der Waals surface area contributed by atoms with E-state index >= 15 is 0 Å². The second kappa shape index (κ2) is 7.32. The van der Waals surface area contributed by atoms with Crippen molar-refractivity contribution in [1.82, 2.24) is 15.0 Å². The summed E-state index contributed by atoms with van der Waals surface area (Å²) in [5.41, 5.74) is 7.31. The summed E-state index contributed by atoms with van der Waals surface area (Å²) in [6, 6.07) is 10.2. The van der Waals surface area contributed by atoms with Gasteiger partial charge in [-0.3, -0.25) is 0 Å². The molecule has 0 radical (unpaired) electrons. The third-order valence-corrected chi connectivity index (χ3v) is 3.25. The smallest absolute Gasteiger partial charge is 1.00 e. The summed E-state index contributed by atoms with van der Waals surface area (Å²) >= 11 is 0. The van der Waals surface area contributed by atoms with Gasteiger partial charge in [0.1, 0.15) is 5.82 Å². The summed E-state index contributed by atoms with van der Waals surface area (Å²) < 4.78 is 0. The number of nitrogen functional groups attached to an aromatic ring is 1. The average Bonchev–Trinajstić information content (AvgIpc) is 2.53. The van der Waals surface area contributed by atoms with Crippen LogP contribution >= 0.6 is 0 Å². The van der Waals surface area contributed by atoms with Gasteiger partial charge < -0.3 is 17.6 Å². The van der Waals surface area contributed by atoms with E-state index in [1.165, 1.54) is 6.07 Å². The Morgan fingerprint density at radius 2 is 1.91 bits per heavy atom. The maximum absolute atomic E-state index is 11.3. The van der Waals surface area contributed by atoms with Gasteiger partial charge in [-0.05, 0) is 18.2 Å². The fourth-order valence-electron chi connectivity index (χ4n) is 2.26. The van der Waals surface area contributed by atoms with Crippen LogP contribution in [0.3, 0.4) is 0 Å². The van der Waals surface area contributed by atoms with Crippen LogP contribution in [0, 0.1) is 0 Å². The molecule has 0 atom stereocenters. The largest absolute Gasteiger partial charge is 1.00 e. The van der Waals surface area contributed by atoms with Crippen molar-refractivity contribution in [2.75, 3.05) is 18.1 Å². The number of anilines is 2. The first kappa shape index (κ1) is 17.8. The number of hydrogen-bond donors (Lipinski definition) is 3. The van der Waals surface area contributed by atoms with Gasteiger partial charge in [0.25, 0.3) is 0 Å². The number of carboxylic acid groups (broad SMARTS) is 1. The number of nitrogens with one attached hydrogen (secondary N) is 1. The molecule has 0 spiro atoms. The molecule has 4 N–H and O–H groups in total. The van der Waals surface area contributed by atoms with E-state index in [1.807, 2.05) is 0 Å². The van der Waals surface area contributed by atoms with Gasteiger partial charge in [-0.15, -0.1) is 0 Å². The van der Waals surface area contributed by atoms with Crippen molar-refractivity contribution in [3.63, 3.8) is 0 Å². The fourth-order valence-corrected chi connectivity index (χ4v) is 2.26. The minimum absolute atomic E-state index is 0. The Labute approximate surface area is 176 Å². The van der Waals surface area contributed by atoms with Gasteiger partial charge in [0.05, 0.1) is 16.6 Å². The number of carbonyl (C=O) groups is 1. The molecule has 0 saturated heterocycles. The minimum atomic E-state index is -1.00. The van der Waals surface area contributed by atoms with E-state index in [2.05, 4.69) is 20.3 Å². The molecule has 0 fully saturated rings. The molecule has 3 aromatic rings. The van der Waals surface area contributed by atoms with Crippen molar-refractivity contribution in [2.45, 2.75) is 0 Å². The molecule has 2 heterocycles. The third-order valence-electron chi connectivity index (χ3n) is 3.25. The number of rotatable bonds is 3. The van der Waals surface area contributed by atoms with E-state index in [0.29, 0.717) is 28.1 Å². The van der Waals surface area contributed by atoms with Gasteiger partial charge in [0.15, 0.2) is 5.65 Å². The molecule has 1 aromatic carbocycles. The predicted octanol–water partition coefficient (Wildman–Crippen LogP) is -0.870. The molecule has 0 unspecified atom stereocenters. The van der Waals surface area contributed by atoms with Crippen molar-refractivity contribution >= 4 is 28.8 Å². The van der Waals surface area contributed by atoms with Crippen LogP contribution in [-0.4, -0.2) is 33.1 Å². The monoisotopic (exact) mass is 335 g/mol. The molecule has 2 aromatic heterocycles. The van der Waals surface area contributed by atoms with Crippen LogP contribution < -0.4 is 62.4 Å². The van der Waals surface area contributed by atoms with E-state index in [1.54, 1.807) is 37.4 Å². The molecule has 23 heavy (non-hydrogen) atoms. The zero-order chi connectivity index (χ0) is 15.7. The van der Waals surface area contributed by atoms with E-state index < -0.39 is 5.97 Å². The van der Waals surface area contributed by atoms with Gasteiger partial charge in [-0.2, -0.15) is 9.97 Å². The second-order valence-corrected chi connectivity index (χ2v) is 4.60. The topological polar surface area (TPSA) is 114 Å². The Morgan fingerprint density at radius 3 is 2.61 bits per heavy atom. The standard InChI is InChI=1S/C15H13N5O2.K.H/c1-17-12-10-6-7-11(18-13(10)20-15(16)19-12)8-4-2-3-5-9(8)14(21)22;;/h2-7H,1H3,(H,21,22)(H3,16,17,18,19,20);;/q;+1;-1. The quantitative estimate of drug-likeness (QED) is 0.533. The Balaban J connectivity index is 0.00000144. The van der Waals surface area contributed by atoms with Crippen LogP contribution in [0.15, 0.2) is 36.4 Å². The summed E-state index contributed by atoms with van der Waals surface area (Å²) in [5, 5.41) is 12.9. The molecule has 112 valence electrons. The van der Waals surface area contributed by atoms with Gasteiger partial charge in [-0.1, -0.05) is 18.2 Å². The number of hydrogen-bond acceptors (Lipinski definition) is 6. The van der Waals surface area contributed by atoms with E-state index in [9.17, 15) is 9.90 Å². The molecule has 3 rings (SSSR count). The zero-order valence-electron chi connectivity index (χ0n) is 13.7.